The van der Waals surface area contributed by atoms with Crippen molar-refractivity contribution in [3.63, 3.8) is 0 Å². The van der Waals surface area contributed by atoms with E-state index >= 15 is 0 Å². The second-order valence-electron chi connectivity index (χ2n) is 6.90. The highest BCUT2D eigenvalue weighted by molar-refractivity contribution is 7.89. The zero-order valence-corrected chi connectivity index (χ0v) is 18.0. The summed E-state index contributed by atoms with van der Waals surface area (Å²) < 4.78 is 65.9. The molecular weight excluding hydrogens is 473 g/mol. The molecule has 0 radical (unpaired) electrons. The van der Waals surface area contributed by atoms with Gasteiger partial charge in [0, 0.05) is 37.4 Å². The van der Waals surface area contributed by atoms with Crippen molar-refractivity contribution in [2.75, 3.05) is 31.5 Å². The van der Waals surface area contributed by atoms with E-state index in [4.69, 9.17) is 17.3 Å². The van der Waals surface area contributed by atoms with Gasteiger partial charge in [-0.1, -0.05) is 11.6 Å². The lowest BCUT2D eigenvalue weighted by Crippen LogP contribution is -2.50. The van der Waals surface area contributed by atoms with Crippen molar-refractivity contribution in [1.82, 2.24) is 9.21 Å². The number of primary amides is 1. The zero-order chi connectivity index (χ0) is 23.7. The molecule has 0 spiro atoms. The van der Waals surface area contributed by atoms with Crippen LogP contribution in [-0.2, 0) is 16.2 Å². The summed E-state index contributed by atoms with van der Waals surface area (Å²) in [5.74, 6) is -0.349. The summed E-state index contributed by atoms with van der Waals surface area (Å²) in [4.78, 5) is 24.4. The Morgan fingerprint density at radius 1 is 1.00 bits per heavy atom. The summed E-state index contributed by atoms with van der Waals surface area (Å²) in [6.07, 6.45) is -4.80. The Hall–Kier alpha value is -2.83. The number of anilines is 1. The minimum Gasteiger partial charge on any atom is -0.351 e. The molecule has 1 fully saturated rings. The van der Waals surface area contributed by atoms with Crippen molar-refractivity contribution in [1.29, 1.82) is 0 Å². The van der Waals surface area contributed by atoms with Crippen molar-refractivity contribution in [3.8, 4) is 0 Å². The van der Waals surface area contributed by atoms with E-state index in [0.717, 1.165) is 16.4 Å². The average Bonchev–Trinajstić information content (AvgIpc) is 2.73. The van der Waals surface area contributed by atoms with E-state index < -0.39 is 37.7 Å². The highest BCUT2D eigenvalue weighted by Gasteiger charge is 2.36. The quantitative estimate of drug-likeness (QED) is 0.686. The van der Waals surface area contributed by atoms with Crippen LogP contribution in [-0.4, -0.2) is 55.7 Å². The zero-order valence-electron chi connectivity index (χ0n) is 16.4. The smallest absolute Gasteiger partial charge is 0.351 e. The van der Waals surface area contributed by atoms with Crippen LogP contribution < -0.4 is 11.1 Å². The number of benzene rings is 2. The average molecular weight is 491 g/mol. The Kier molecular flexibility index (Phi) is 6.67. The van der Waals surface area contributed by atoms with Crippen LogP contribution in [0.1, 0.15) is 15.9 Å². The number of halogens is 4. The minimum absolute atomic E-state index is 0.0546. The monoisotopic (exact) mass is 490 g/mol. The molecule has 0 saturated carbocycles. The molecule has 13 heteroatoms. The Morgan fingerprint density at radius 3 is 2.12 bits per heavy atom. The number of nitrogens with two attached hydrogens (primary N) is 1. The Balaban J connectivity index is 1.70. The van der Waals surface area contributed by atoms with Gasteiger partial charge in [-0.25, -0.2) is 13.2 Å². The van der Waals surface area contributed by atoms with Crippen LogP contribution in [0.3, 0.4) is 0 Å². The number of hydrogen-bond donors (Lipinski definition) is 2. The fourth-order valence-electron chi connectivity index (χ4n) is 3.18. The van der Waals surface area contributed by atoms with Crippen LogP contribution in [0.15, 0.2) is 47.4 Å². The summed E-state index contributed by atoms with van der Waals surface area (Å²) in [5.41, 5.74) is 4.52. The maximum absolute atomic E-state index is 13.1. The number of amides is 3. The van der Waals surface area contributed by atoms with E-state index in [1.165, 1.54) is 29.2 Å². The van der Waals surface area contributed by atoms with Crippen molar-refractivity contribution in [2.24, 2.45) is 5.73 Å². The van der Waals surface area contributed by atoms with Gasteiger partial charge in [-0.05, 0) is 42.5 Å². The van der Waals surface area contributed by atoms with E-state index in [2.05, 4.69) is 5.32 Å². The highest BCUT2D eigenvalue weighted by atomic mass is 35.5. The van der Waals surface area contributed by atoms with Crippen molar-refractivity contribution in [3.05, 3.63) is 58.6 Å². The van der Waals surface area contributed by atoms with Crippen LogP contribution >= 0.6 is 11.6 Å². The number of rotatable bonds is 4. The standard InChI is InChI=1S/C19H18ClF3N4O4S/c20-16-6-5-14(11-15(16)19(21,22)23)32(30,31)27-9-7-26(8-10-27)17(28)12-1-3-13(4-2-12)25-18(24)29/h1-6,11H,7-10H2,(H3,24,25,29). The molecule has 3 N–H and O–H groups in total. The molecule has 1 aliphatic heterocycles. The molecule has 2 aromatic carbocycles. The predicted molar refractivity (Wildman–Crippen MR) is 111 cm³/mol. The molecule has 8 nitrogen and oxygen atoms in total. The number of carbonyl (C=O) groups excluding carboxylic acids is 2. The molecule has 1 aliphatic rings. The third-order valence-corrected chi connectivity index (χ3v) is 7.03. The molecule has 3 rings (SSSR count). The number of piperazine rings is 1. The van der Waals surface area contributed by atoms with Gasteiger partial charge in [0.2, 0.25) is 10.0 Å². The first-order valence-electron chi connectivity index (χ1n) is 9.22. The molecule has 2 aromatic rings. The first-order valence-corrected chi connectivity index (χ1v) is 11.0. The Bertz CT molecular complexity index is 1130. The first-order chi connectivity index (χ1) is 14.9. The number of carbonyl (C=O) groups is 2. The second kappa shape index (κ2) is 8.96. The highest BCUT2D eigenvalue weighted by Crippen LogP contribution is 2.36. The molecule has 0 unspecified atom stereocenters. The van der Waals surface area contributed by atoms with E-state index in [1.807, 2.05) is 0 Å². The molecule has 0 aliphatic carbocycles. The predicted octanol–water partition coefficient (Wildman–Crippen LogP) is 3.00. The normalized spacial score (nSPS) is 15.4. The number of nitrogens with one attached hydrogen (secondary N) is 1. The number of hydrogen-bond acceptors (Lipinski definition) is 4. The summed E-state index contributed by atoms with van der Waals surface area (Å²) in [5, 5.41) is 1.77. The summed E-state index contributed by atoms with van der Waals surface area (Å²) in [7, 11) is -4.21. The SMILES string of the molecule is NC(=O)Nc1ccc(C(=O)N2CCN(S(=O)(=O)c3ccc(Cl)c(C(F)(F)F)c3)CC2)cc1. The third-order valence-electron chi connectivity index (χ3n) is 4.81. The number of sulfonamides is 1. The van der Waals surface area contributed by atoms with Crippen LogP contribution in [0, 0.1) is 0 Å². The van der Waals surface area contributed by atoms with Gasteiger partial charge in [-0.2, -0.15) is 17.5 Å². The van der Waals surface area contributed by atoms with Crippen LogP contribution in [0.5, 0.6) is 0 Å². The van der Waals surface area contributed by atoms with Gasteiger partial charge in [0.25, 0.3) is 5.91 Å². The lowest BCUT2D eigenvalue weighted by molar-refractivity contribution is -0.137. The van der Waals surface area contributed by atoms with Crippen LogP contribution in [0.2, 0.25) is 5.02 Å². The number of nitrogens with zero attached hydrogens (tertiary/aromatic N) is 2. The minimum atomic E-state index is -4.80. The van der Waals surface area contributed by atoms with Gasteiger partial charge < -0.3 is 16.0 Å². The molecule has 32 heavy (non-hydrogen) atoms. The lowest BCUT2D eigenvalue weighted by Gasteiger charge is -2.34. The molecular formula is C19H18ClF3N4O4S. The molecule has 172 valence electrons. The molecule has 3 amide bonds. The molecule has 0 atom stereocenters. The molecule has 0 aromatic heterocycles. The van der Waals surface area contributed by atoms with Crippen molar-refractivity contribution in [2.45, 2.75) is 11.1 Å². The maximum atomic E-state index is 13.1. The topological polar surface area (TPSA) is 113 Å². The van der Waals surface area contributed by atoms with Crippen LogP contribution in [0.25, 0.3) is 0 Å². The molecule has 1 heterocycles. The van der Waals surface area contributed by atoms with Gasteiger partial charge in [0.15, 0.2) is 0 Å². The summed E-state index contributed by atoms with van der Waals surface area (Å²) in [6.45, 7) is -0.0587. The van der Waals surface area contributed by atoms with Gasteiger partial charge in [-0.3, -0.25) is 4.79 Å². The molecule has 1 saturated heterocycles. The Morgan fingerprint density at radius 2 is 1.59 bits per heavy atom. The molecule has 0 bridgehead atoms. The first kappa shape index (κ1) is 23.8. The Labute approximate surface area is 186 Å². The van der Waals surface area contributed by atoms with Crippen LogP contribution in [0.4, 0.5) is 23.7 Å². The summed E-state index contributed by atoms with van der Waals surface area (Å²) >= 11 is 5.56. The van der Waals surface area contributed by atoms with E-state index in [1.54, 1.807) is 0 Å². The van der Waals surface area contributed by atoms with E-state index in [9.17, 15) is 31.2 Å². The summed E-state index contributed by atoms with van der Waals surface area (Å²) in [6, 6.07) is 7.65. The van der Waals surface area contributed by atoms with E-state index in [0.29, 0.717) is 17.3 Å². The maximum Gasteiger partial charge on any atom is 0.417 e. The largest absolute Gasteiger partial charge is 0.417 e. The lowest BCUT2D eigenvalue weighted by atomic mass is 10.1. The fourth-order valence-corrected chi connectivity index (χ4v) is 4.86. The van der Waals surface area contributed by atoms with Crippen molar-refractivity contribution >= 4 is 39.2 Å². The second-order valence-corrected chi connectivity index (χ2v) is 9.25. The van der Waals surface area contributed by atoms with Gasteiger partial charge in [-0.15, -0.1) is 0 Å². The van der Waals surface area contributed by atoms with Gasteiger partial charge in [0.1, 0.15) is 0 Å². The van der Waals surface area contributed by atoms with Gasteiger partial charge >= 0.3 is 12.2 Å². The number of urea groups is 1. The fraction of sp³-hybridized carbons (Fsp3) is 0.263. The van der Waals surface area contributed by atoms with E-state index in [-0.39, 0.29) is 32.1 Å². The third kappa shape index (κ3) is 5.14. The van der Waals surface area contributed by atoms with Gasteiger partial charge in [0.05, 0.1) is 15.5 Å². The van der Waals surface area contributed by atoms with Crippen molar-refractivity contribution < 1.29 is 31.2 Å². The number of alkyl halides is 3.